The van der Waals surface area contributed by atoms with Gasteiger partial charge in [0.05, 0.1) is 12.2 Å². The molecular formula is C12H12N4O. The molecule has 0 unspecified atom stereocenters. The molecule has 3 N–H and O–H groups in total. The van der Waals surface area contributed by atoms with Crippen molar-refractivity contribution in [2.75, 3.05) is 6.54 Å². The van der Waals surface area contributed by atoms with Gasteiger partial charge in [-0.25, -0.2) is 14.5 Å². The second kappa shape index (κ2) is 4.68. The van der Waals surface area contributed by atoms with Crippen LogP contribution in [0.3, 0.4) is 0 Å². The van der Waals surface area contributed by atoms with Crippen molar-refractivity contribution in [2.45, 2.75) is 6.92 Å². The first kappa shape index (κ1) is 11.2. The highest BCUT2D eigenvalue weighted by Gasteiger charge is 2.04. The number of aromatic nitrogens is 3. The molecule has 5 heteroatoms. The van der Waals surface area contributed by atoms with E-state index in [0.29, 0.717) is 6.54 Å². The third kappa shape index (κ3) is 2.27. The molecule has 17 heavy (non-hydrogen) atoms. The summed E-state index contributed by atoms with van der Waals surface area (Å²) in [6, 6.07) is 5.65. The number of nitrogens with two attached hydrogens (primary N) is 1. The molecular weight excluding hydrogens is 216 g/mol. The van der Waals surface area contributed by atoms with E-state index in [1.807, 2.05) is 25.1 Å². The zero-order chi connectivity index (χ0) is 12.3. The molecule has 0 aliphatic rings. The number of aromatic amines is 1. The largest absolute Gasteiger partial charge is 0.347 e. The molecule has 5 nitrogen and oxygen atoms in total. The third-order valence-corrected chi connectivity index (χ3v) is 2.36. The Kier molecular flexibility index (Phi) is 3.08. The molecule has 0 saturated heterocycles. The molecule has 0 amide bonds. The van der Waals surface area contributed by atoms with Crippen molar-refractivity contribution in [1.29, 1.82) is 0 Å². The molecule has 2 aromatic rings. The average molecular weight is 228 g/mol. The Hall–Kier alpha value is -2.32. The summed E-state index contributed by atoms with van der Waals surface area (Å²) < 4.78 is 1.45. The number of hydrogen-bond donors (Lipinski definition) is 2. The quantitative estimate of drug-likeness (QED) is 0.683. The number of nitrogens with zero attached hydrogens (tertiary/aromatic N) is 2. The Morgan fingerprint density at radius 2 is 2.35 bits per heavy atom. The van der Waals surface area contributed by atoms with E-state index in [0.717, 1.165) is 16.8 Å². The van der Waals surface area contributed by atoms with Gasteiger partial charge in [-0.05, 0) is 24.6 Å². The van der Waals surface area contributed by atoms with Crippen molar-refractivity contribution in [1.82, 2.24) is 14.8 Å². The SMILES string of the molecule is Cc1ccc(C#CCN)cc1-n1cn[nH]c1=O. The van der Waals surface area contributed by atoms with Gasteiger partial charge in [-0.1, -0.05) is 17.9 Å². The topological polar surface area (TPSA) is 76.7 Å². The molecule has 0 aliphatic carbocycles. The number of rotatable bonds is 1. The molecule has 86 valence electrons. The minimum atomic E-state index is -0.267. The van der Waals surface area contributed by atoms with Crippen molar-refractivity contribution in [3.63, 3.8) is 0 Å². The van der Waals surface area contributed by atoms with Gasteiger partial charge in [0.2, 0.25) is 0 Å². The minimum absolute atomic E-state index is 0.267. The second-order valence-corrected chi connectivity index (χ2v) is 3.54. The lowest BCUT2D eigenvalue weighted by atomic mass is 10.1. The fourth-order valence-electron chi connectivity index (χ4n) is 1.52. The first-order valence-electron chi connectivity index (χ1n) is 5.14. The van der Waals surface area contributed by atoms with Crippen LogP contribution in [0, 0.1) is 18.8 Å². The van der Waals surface area contributed by atoms with Crippen molar-refractivity contribution in [2.24, 2.45) is 5.73 Å². The van der Waals surface area contributed by atoms with Crippen molar-refractivity contribution in [3.05, 3.63) is 46.1 Å². The zero-order valence-corrected chi connectivity index (χ0v) is 9.40. The van der Waals surface area contributed by atoms with Crippen LogP contribution in [0.4, 0.5) is 0 Å². The van der Waals surface area contributed by atoms with Crippen LogP contribution in [0.1, 0.15) is 11.1 Å². The number of aryl methyl sites for hydroxylation is 1. The zero-order valence-electron chi connectivity index (χ0n) is 9.40. The summed E-state index contributed by atoms with van der Waals surface area (Å²) in [7, 11) is 0. The monoisotopic (exact) mass is 228 g/mol. The Bertz CT molecular complexity index is 642. The summed E-state index contributed by atoms with van der Waals surface area (Å²) >= 11 is 0. The van der Waals surface area contributed by atoms with E-state index in [2.05, 4.69) is 22.0 Å². The van der Waals surface area contributed by atoms with E-state index in [-0.39, 0.29) is 5.69 Å². The van der Waals surface area contributed by atoms with Gasteiger partial charge in [-0.3, -0.25) is 0 Å². The normalized spacial score (nSPS) is 9.76. The third-order valence-electron chi connectivity index (χ3n) is 2.36. The Balaban J connectivity index is 2.54. The van der Waals surface area contributed by atoms with Gasteiger partial charge in [0.25, 0.3) is 0 Å². The summed E-state index contributed by atoms with van der Waals surface area (Å²) in [5, 5.41) is 6.06. The second-order valence-electron chi connectivity index (χ2n) is 3.54. The molecule has 0 fully saturated rings. The molecule has 0 bridgehead atoms. The van der Waals surface area contributed by atoms with Gasteiger partial charge >= 0.3 is 5.69 Å². The van der Waals surface area contributed by atoms with E-state index in [9.17, 15) is 4.79 Å². The van der Waals surface area contributed by atoms with Crippen molar-refractivity contribution in [3.8, 4) is 17.5 Å². The van der Waals surface area contributed by atoms with E-state index < -0.39 is 0 Å². The van der Waals surface area contributed by atoms with Crippen LogP contribution in [-0.4, -0.2) is 21.3 Å². The highest BCUT2D eigenvalue weighted by atomic mass is 16.1. The predicted octanol–water partition coefficient (Wildman–Crippen LogP) is 0.179. The van der Waals surface area contributed by atoms with Crippen LogP contribution in [0.5, 0.6) is 0 Å². The van der Waals surface area contributed by atoms with Gasteiger partial charge in [-0.15, -0.1) is 0 Å². The van der Waals surface area contributed by atoms with Crippen molar-refractivity contribution >= 4 is 0 Å². The maximum absolute atomic E-state index is 11.5. The first-order valence-corrected chi connectivity index (χ1v) is 5.14. The molecule has 1 heterocycles. The Labute approximate surface area is 98.3 Å². The molecule has 2 rings (SSSR count). The Morgan fingerprint density at radius 3 is 3.00 bits per heavy atom. The molecule has 1 aromatic heterocycles. The lowest BCUT2D eigenvalue weighted by Gasteiger charge is -2.05. The fraction of sp³-hybridized carbons (Fsp3) is 0.167. The lowest BCUT2D eigenvalue weighted by molar-refractivity contribution is 0.972. The maximum Gasteiger partial charge on any atom is 0.347 e. The summed E-state index contributed by atoms with van der Waals surface area (Å²) in [4.78, 5) is 11.5. The van der Waals surface area contributed by atoms with Gasteiger partial charge < -0.3 is 5.73 Å². The average Bonchev–Trinajstić information content (AvgIpc) is 2.74. The molecule has 0 radical (unpaired) electrons. The number of hydrogen-bond acceptors (Lipinski definition) is 3. The number of nitrogens with one attached hydrogen (secondary N) is 1. The summed E-state index contributed by atoms with van der Waals surface area (Å²) in [6.07, 6.45) is 1.45. The first-order chi connectivity index (χ1) is 8.22. The van der Waals surface area contributed by atoms with Gasteiger partial charge in [-0.2, -0.15) is 5.10 Å². The van der Waals surface area contributed by atoms with Crippen LogP contribution in [0.25, 0.3) is 5.69 Å². The van der Waals surface area contributed by atoms with E-state index in [1.165, 1.54) is 10.9 Å². The van der Waals surface area contributed by atoms with E-state index >= 15 is 0 Å². The predicted molar refractivity (Wildman–Crippen MR) is 64.9 cm³/mol. The summed E-state index contributed by atoms with van der Waals surface area (Å²) in [5.41, 5.74) is 7.63. The number of benzene rings is 1. The minimum Gasteiger partial charge on any atom is -0.320 e. The fourth-order valence-corrected chi connectivity index (χ4v) is 1.52. The van der Waals surface area contributed by atoms with E-state index in [1.54, 1.807) is 0 Å². The van der Waals surface area contributed by atoms with Crippen LogP contribution in [0.2, 0.25) is 0 Å². The number of H-pyrrole nitrogens is 1. The van der Waals surface area contributed by atoms with Gasteiger partial charge in [0.1, 0.15) is 6.33 Å². The standard InChI is InChI=1S/C12H12N4O/c1-9-4-5-10(3-2-6-13)7-11(9)16-8-14-15-12(16)17/h4-5,7-8H,6,13H2,1H3,(H,15,17). The van der Waals surface area contributed by atoms with Gasteiger partial charge in [0.15, 0.2) is 0 Å². The van der Waals surface area contributed by atoms with Crippen LogP contribution in [-0.2, 0) is 0 Å². The maximum atomic E-state index is 11.5. The van der Waals surface area contributed by atoms with Crippen LogP contribution >= 0.6 is 0 Å². The van der Waals surface area contributed by atoms with Crippen LogP contribution < -0.4 is 11.4 Å². The summed E-state index contributed by atoms with van der Waals surface area (Å²) in [6.45, 7) is 2.24. The molecule has 0 aliphatic heterocycles. The molecule has 0 atom stereocenters. The smallest absolute Gasteiger partial charge is 0.320 e. The molecule has 0 saturated carbocycles. The van der Waals surface area contributed by atoms with Crippen molar-refractivity contribution < 1.29 is 0 Å². The highest BCUT2D eigenvalue weighted by molar-refractivity contribution is 5.48. The Morgan fingerprint density at radius 1 is 1.53 bits per heavy atom. The van der Waals surface area contributed by atoms with Crippen LogP contribution in [0.15, 0.2) is 29.3 Å². The van der Waals surface area contributed by atoms with E-state index in [4.69, 9.17) is 5.73 Å². The molecule has 0 spiro atoms. The lowest BCUT2D eigenvalue weighted by Crippen LogP contribution is -2.15. The molecule has 1 aromatic carbocycles. The summed E-state index contributed by atoms with van der Waals surface area (Å²) in [5.74, 6) is 5.71. The van der Waals surface area contributed by atoms with Gasteiger partial charge in [0, 0.05) is 5.56 Å². The highest BCUT2D eigenvalue weighted by Crippen LogP contribution is 2.13.